The lowest BCUT2D eigenvalue weighted by Gasteiger charge is -2.34. The second-order valence-electron chi connectivity index (χ2n) is 7.45. The molecule has 1 N–H and O–H groups in total. The third-order valence-corrected chi connectivity index (χ3v) is 6.64. The van der Waals surface area contributed by atoms with Gasteiger partial charge in [0, 0.05) is 45.7 Å². The van der Waals surface area contributed by atoms with Crippen LogP contribution in [0.15, 0.2) is 53.4 Å². The van der Waals surface area contributed by atoms with E-state index < -0.39 is 27.6 Å². The molecule has 0 aliphatic carbocycles. The Bertz CT molecular complexity index is 1020. The average Bonchev–Trinajstić information content (AvgIpc) is 2.74. The topological polar surface area (TPSA) is 69.7 Å². The van der Waals surface area contributed by atoms with Crippen molar-refractivity contribution in [1.82, 2.24) is 14.5 Å². The lowest BCUT2D eigenvalue weighted by atomic mass is 10.1. The number of piperazine rings is 1. The predicted octanol–water partition coefficient (Wildman–Crippen LogP) is 2.86. The third kappa shape index (κ3) is 6.50. The van der Waals surface area contributed by atoms with Gasteiger partial charge in [-0.3, -0.25) is 9.69 Å². The van der Waals surface area contributed by atoms with E-state index in [9.17, 15) is 30.8 Å². The first-order valence-corrected chi connectivity index (χ1v) is 11.4. The molecule has 0 aromatic heterocycles. The maximum absolute atomic E-state index is 12.9. The first-order valence-electron chi connectivity index (χ1n) is 9.96. The summed E-state index contributed by atoms with van der Waals surface area (Å²) in [5.41, 5.74) is 0.0692. The molecule has 174 valence electrons. The maximum atomic E-state index is 12.9. The lowest BCUT2D eigenvalue weighted by Crippen LogP contribution is -2.48. The van der Waals surface area contributed by atoms with Crippen LogP contribution in [0.1, 0.15) is 17.5 Å². The minimum absolute atomic E-state index is 0.0146. The molecule has 3 rings (SSSR count). The van der Waals surface area contributed by atoms with E-state index in [1.165, 1.54) is 12.1 Å². The van der Waals surface area contributed by atoms with E-state index in [0.717, 1.165) is 42.0 Å². The van der Waals surface area contributed by atoms with Crippen LogP contribution in [-0.2, 0) is 27.5 Å². The Kier molecular flexibility index (Phi) is 7.52. The zero-order chi connectivity index (χ0) is 23.4. The van der Waals surface area contributed by atoms with Gasteiger partial charge in [0.1, 0.15) is 5.82 Å². The molecule has 1 saturated heterocycles. The quantitative estimate of drug-likeness (QED) is 0.628. The molecule has 2 aromatic rings. The number of amides is 1. The van der Waals surface area contributed by atoms with Crippen molar-refractivity contribution >= 4 is 15.9 Å². The standard InChI is InChI=1S/C21H23F4N3O3S/c22-18-5-7-19(8-6-18)32(30,31)26-10-9-20(29)28-13-11-27(12-14-28)15-16-1-3-17(4-2-16)21(23,24)25/h1-8,26H,9-15H2. The molecule has 1 aliphatic rings. The zero-order valence-corrected chi connectivity index (χ0v) is 17.9. The molecule has 1 aliphatic heterocycles. The third-order valence-electron chi connectivity index (χ3n) is 5.17. The van der Waals surface area contributed by atoms with Gasteiger partial charge in [-0.1, -0.05) is 12.1 Å². The number of carbonyl (C=O) groups excluding carboxylic acids is 1. The van der Waals surface area contributed by atoms with E-state index in [-0.39, 0.29) is 23.8 Å². The number of hydrogen-bond donors (Lipinski definition) is 1. The second kappa shape index (κ2) is 9.97. The van der Waals surface area contributed by atoms with Crippen LogP contribution in [-0.4, -0.2) is 56.8 Å². The molecule has 1 fully saturated rings. The minimum atomic E-state index is -4.36. The first kappa shape index (κ1) is 24.1. The Balaban J connectivity index is 1.42. The summed E-state index contributed by atoms with van der Waals surface area (Å²) in [6.45, 7) is 2.43. The predicted molar refractivity (Wildman–Crippen MR) is 110 cm³/mol. The van der Waals surface area contributed by atoms with Crippen LogP contribution in [0.3, 0.4) is 0 Å². The monoisotopic (exact) mass is 473 g/mol. The summed E-state index contributed by atoms with van der Waals surface area (Å²) in [5, 5.41) is 0. The van der Waals surface area contributed by atoms with Gasteiger partial charge in [-0.25, -0.2) is 17.5 Å². The van der Waals surface area contributed by atoms with Crippen molar-refractivity contribution < 1.29 is 30.8 Å². The van der Waals surface area contributed by atoms with Gasteiger partial charge >= 0.3 is 6.18 Å². The molecule has 2 aromatic carbocycles. The molecule has 0 spiro atoms. The molecule has 0 bridgehead atoms. The van der Waals surface area contributed by atoms with Gasteiger partial charge < -0.3 is 4.90 Å². The summed E-state index contributed by atoms with van der Waals surface area (Å²) in [7, 11) is -3.83. The summed E-state index contributed by atoms with van der Waals surface area (Å²) in [4.78, 5) is 16.0. The maximum Gasteiger partial charge on any atom is 0.416 e. The molecule has 0 unspecified atom stereocenters. The van der Waals surface area contributed by atoms with Crippen LogP contribution >= 0.6 is 0 Å². The molecule has 1 amide bonds. The highest BCUT2D eigenvalue weighted by Crippen LogP contribution is 2.29. The molecular formula is C21H23F4N3O3S. The number of rotatable bonds is 7. The Morgan fingerprint density at radius 3 is 2.09 bits per heavy atom. The summed E-state index contributed by atoms with van der Waals surface area (Å²) in [6, 6.07) is 9.41. The normalized spacial score (nSPS) is 15.7. The Labute approximate surface area is 183 Å². The SMILES string of the molecule is O=C(CCNS(=O)(=O)c1ccc(F)cc1)N1CCN(Cc2ccc(C(F)(F)F)cc2)CC1. The fraction of sp³-hybridized carbons (Fsp3) is 0.381. The first-order chi connectivity index (χ1) is 15.0. The minimum Gasteiger partial charge on any atom is -0.340 e. The highest BCUT2D eigenvalue weighted by atomic mass is 32.2. The zero-order valence-electron chi connectivity index (χ0n) is 17.1. The van der Waals surface area contributed by atoms with Crippen molar-refractivity contribution in [3.8, 4) is 0 Å². The van der Waals surface area contributed by atoms with Crippen LogP contribution < -0.4 is 4.72 Å². The number of hydrogen-bond acceptors (Lipinski definition) is 4. The van der Waals surface area contributed by atoms with Gasteiger partial charge in [0.05, 0.1) is 10.5 Å². The van der Waals surface area contributed by atoms with Gasteiger partial charge in [0.15, 0.2) is 0 Å². The van der Waals surface area contributed by atoms with Crippen LogP contribution in [0.25, 0.3) is 0 Å². The summed E-state index contributed by atoms with van der Waals surface area (Å²) in [6.07, 6.45) is -4.38. The molecule has 32 heavy (non-hydrogen) atoms. The van der Waals surface area contributed by atoms with Crippen LogP contribution in [0.4, 0.5) is 17.6 Å². The number of nitrogens with one attached hydrogen (secondary N) is 1. The van der Waals surface area contributed by atoms with Gasteiger partial charge in [-0.2, -0.15) is 13.2 Å². The van der Waals surface area contributed by atoms with Gasteiger partial charge in [-0.15, -0.1) is 0 Å². The van der Waals surface area contributed by atoms with E-state index >= 15 is 0 Å². The van der Waals surface area contributed by atoms with Crippen molar-refractivity contribution in [3.63, 3.8) is 0 Å². The van der Waals surface area contributed by atoms with E-state index in [0.29, 0.717) is 32.7 Å². The Morgan fingerprint density at radius 2 is 1.53 bits per heavy atom. The smallest absolute Gasteiger partial charge is 0.340 e. The van der Waals surface area contributed by atoms with E-state index in [2.05, 4.69) is 4.72 Å². The molecule has 0 radical (unpaired) electrons. The number of sulfonamides is 1. The van der Waals surface area contributed by atoms with Gasteiger partial charge in [-0.05, 0) is 42.0 Å². The van der Waals surface area contributed by atoms with Crippen molar-refractivity contribution in [2.45, 2.75) is 24.0 Å². The average molecular weight is 473 g/mol. The van der Waals surface area contributed by atoms with Crippen molar-refractivity contribution in [2.75, 3.05) is 32.7 Å². The molecule has 0 saturated carbocycles. The van der Waals surface area contributed by atoms with Crippen molar-refractivity contribution in [1.29, 1.82) is 0 Å². The summed E-state index contributed by atoms with van der Waals surface area (Å²) < 4.78 is 77.6. The van der Waals surface area contributed by atoms with Crippen molar-refractivity contribution in [2.24, 2.45) is 0 Å². The van der Waals surface area contributed by atoms with E-state index in [1.807, 2.05) is 4.90 Å². The molecule has 0 atom stereocenters. The summed E-state index contributed by atoms with van der Waals surface area (Å²) >= 11 is 0. The lowest BCUT2D eigenvalue weighted by molar-refractivity contribution is -0.137. The van der Waals surface area contributed by atoms with Gasteiger partial charge in [0.2, 0.25) is 15.9 Å². The fourth-order valence-electron chi connectivity index (χ4n) is 3.36. The second-order valence-corrected chi connectivity index (χ2v) is 9.22. The molecule has 11 heteroatoms. The molecule has 6 nitrogen and oxygen atoms in total. The van der Waals surface area contributed by atoms with Crippen molar-refractivity contribution in [3.05, 3.63) is 65.5 Å². The van der Waals surface area contributed by atoms with Crippen LogP contribution in [0.2, 0.25) is 0 Å². The fourth-order valence-corrected chi connectivity index (χ4v) is 4.39. The number of alkyl halides is 3. The highest BCUT2D eigenvalue weighted by Gasteiger charge is 2.30. The summed E-state index contributed by atoms with van der Waals surface area (Å²) in [5.74, 6) is -0.738. The van der Waals surface area contributed by atoms with Gasteiger partial charge in [0.25, 0.3) is 0 Å². The number of nitrogens with zero attached hydrogens (tertiary/aromatic N) is 2. The number of carbonyl (C=O) groups is 1. The van der Waals surface area contributed by atoms with Crippen LogP contribution in [0.5, 0.6) is 0 Å². The Hall–Kier alpha value is -2.50. The van der Waals surface area contributed by atoms with E-state index in [1.54, 1.807) is 4.90 Å². The van der Waals surface area contributed by atoms with Crippen LogP contribution in [0, 0.1) is 5.82 Å². The Morgan fingerprint density at radius 1 is 0.938 bits per heavy atom. The molecular weight excluding hydrogens is 450 g/mol. The number of halogens is 4. The highest BCUT2D eigenvalue weighted by molar-refractivity contribution is 7.89. The number of benzene rings is 2. The largest absolute Gasteiger partial charge is 0.416 e. The molecule has 1 heterocycles. The van der Waals surface area contributed by atoms with E-state index in [4.69, 9.17) is 0 Å².